The number of carbonyl (C=O) groups is 1. The topological polar surface area (TPSA) is 49.8 Å². The third-order valence-corrected chi connectivity index (χ3v) is 3.86. The van der Waals surface area contributed by atoms with Crippen molar-refractivity contribution in [3.8, 4) is 0 Å². The van der Waals surface area contributed by atoms with Crippen LogP contribution in [0.25, 0.3) is 0 Å². The van der Waals surface area contributed by atoms with E-state index in [-0.39, 0.29) is 24.4 Å². The average molecular weight is 327 g/mol. The van der Waals surface area contributed by atoms with E-state index in [0.717, 1.165) is 6.07 Å². The predicted octanol–water partition coefficient (Wildman–Crippen LogP) is 3.13. The van der Waals surface area contributed by atoms with E-state index in [9.17, 15) is 18.7 Å². The average Bonchev–Trinajstić information content (AvgIpc) is 2.44. The highest BCUT2D eigenvalue weighted by atomic mass is 19.2. The molecule has 1 aromatic carbocycles. The first-order valence-electron chi connectivity index (χ1n) is 7.76. The summed E-state index contributed by atoms with van der Waals surface area (Å²) >= 11 is 0. The molecule has 0 bridgehead atoms. The van der Waals surface area contributed by atoms with Crippen molar-refractivity contribution in [1.29, 1.82) is 0 Å². The number of benzene rings is 1. The van der Waals surface area contributed by atoms with Gasteiger partial charge in [0.05, 0.1) is 6.10 Å². The fraction of sp³-hybridized carbons (Fsp3) is 0.588. The summed E-state index contributed by atoms with van der Waals surface area (Å²) < 4.78 is 32.4. The molecule has 1 saturated heterocycles. The van der Waals surface area contributed by atoms with E-state index in [1.165, 1.54) is 17.0 Å². The summed E-state index contributed by atoms with van der Waals surface area (Å²) in [6, 6.07) is 4.00. The molecule has 0 radical (unpaired) electrons. The van der Waals surface area contributed by atoms with Gasteiger partial charge in [-0.3, -0.25) is 0 Å². The zero-order valence-corrected chi connectivity index (χ0v) is 13.7. The molecule has 2 atom stereocenters. The molecule has 1 heterocycles. The molecule has 6 heteroatoms. The standard InChI is InChI=1S/C17H23F2NO3/c1-17(2,3)23-16(22)20-8-7-14(21)12(10-20)9-11-5-4-6-13(18)15(11)19/h4-6,12,14,21H,7-10H2,1-3H3. The third-order valence-electron chi connectivity index (χ3n) is 3.86. The Morgan fingerprint density at radius 1 is 1.39 bits per heavy atom. The van der Waals surface area contributed by atoms with Crippen LogP contribution in [0.2, 0.25) is 0 Å². The lowest BCUT2D eigenvalue weighted by molar-refractivity contribution is -0.00838. The first-order chi connectivity index (χ1) is 10.7. The molecule has 4 nitrogen and oxygen atoms in total. The van der Waals surface area contributed by atoms with Gasteiger partial charge < -0.3 is 14.7 Å². The van der Waals surface area contributed by atoms with Gasteiger partial charge in [0.1, 0.15) is 5.60 Å². The monoisotopic (exact) mass is 327 g/mol. The van der Waals surface area contributed by atoms with Crippen molar-refractivity contribution in [3.05, 3.63) is 35.4 Å². The maximum absolute atomic E-state index is 13.8. The van der Waals surface area contributed by atoms with Crippen molar-refractivity contribution in [1.82, 2.24) is 4.90 Å². The molecule has 2 rings (SSSR count). The Balaban J connectivity index is 2.06. The van der Waals surface area contributed by atoms with Crippen LogP contribution in [-0.2, 0) is 11.2 Å². The van der Waals surface area contributed by atoms with Crippen LogP contribution in [-0.4, -0.2) is 40.9 Å². The molecule has 1 N–H and O–H groups in total. The van der Waals surface area contributed by atoms with Crippen LogP contribution in [0.15, 0.2) is 18.2 Å². The Morgan fingerprint density at radius 2 is 2.09 bits per heavy atom. The SMILES string of the molecule is CC(C)(C)OC(=O)N1CCC(O)C(Cc2cccc(F)c2F)C1. The molecule has 1 aliphatic rings. The number of nitrogens with zero attached hydrogens (tertiary/aromatic N) is 1. The van der Waals surface area contributed by atoms with Gasteiger partial charge in [0.25, 0.3) is 0 Å². The van der Waals surface area contributed by atoms with E-state index in [2.05, 4.69) is 0 Å². The summed E-state index contributed by atoms with van der Waals surface area (Å²) in [5.41, 5.74) is -0.391. The van der Waals surface area contributed by atoms with Gasteiger partial charge in [-0.05, 0) is 45.2 Å². The smallest absolute Gasteiger partial charge is 0.410 e. The van der Waals surface area contributed by atoms with Gasteiger partial charge in [0, 0.05) is 19.0 Å². The van der Waals surface area contributed by atoms with Crippen LogP contribution >= 0.6 is 0 Å². The van der Waals surface area contributed by atoms with E-state index in [1.54, 1.807) is 20.8 Å². The van der Waals surface area contributed by atoms with E-state index in [0.29, 0.717) is 13.0 Å². The van der Waals surface area contributed by atoms with Crippen LogP contribution in [0, 0.1) is 17.6 Å². The minimum atomic E-state index is -0.906. The van der Waals surface area contributed by atoms with Gasteiger partial charge in [0.2, 0.25) is 0 Å². The van der Waals surface area contributed by atoms with Crippen molar-refractivity contribution in [2.75, 3.05) is 13.1 Å². The number of likely N-dealkylation sites (tertiary alicyclic amines) is 1. The van der Waals surface area contributed by atoms with Crippen molar-refractivity contribution in [2.45, 2.75) is 45.3 Å². The minimum absolute atomic E-state index is 0.171. The Hall–Kier alpha value is -1.69. The maximum Gasteiger partial charge on any atom is 0.410 e. The van der Waals surface area contributed by atoms with Gasteiger partial charge in [-0.15, -0.1) is 0 Å². The van der Waals surface area contributed by atoms with Gasteiger partial charge in [-0.25, -0.2) is 13.6 Å². The quantitative estimate of drug-likeness (QED) is 0.908. The largest absolute Gasteiger partial charge is 0.444 e. The summed E-state index contributed by atoms with van der Waals surface area (Å²) in [6.45, 7) is 5.99. The normalized spacial score (nSPS) is 22.1. The fourth-order valence-electron chi connectivity index (χ4n) is 2.70. The van der Waals surface area contributed by atoms with Crippen molar-refractivity contribution >= 4 is 6.09 Å². The van der Waals surface area contributed by atoms with Crippen LogP contribution < -0.4 is 0 Å². The van der Waals surface area contributed by atoms with Crippen LogP contribution in [0.5, 0.6) is 0 Å². The van der Waals surface area contributed by atoms with Crippen LogP contribution in [0.3, 0.4) is 0 Å². The van der Waals surface area contributed by atoms with Crippen molar-refractivity contribution in [2.24, 2.45) is 5.92 Å². The van der Waals surface area contributed by atoms with Crippen molar-refractivity contribution < 1.29 is 23.4 Å². The molecule has 1 amide bonds. The first kappa shape index (κ1) is 17.7. The van der Waals surface area contributed by atoms with Crippen LogP contribution in [0.4, 0.5) is 13.6 Å². The number of aliphatic hydroxyl groups excluding tert-OH is 1. The molecule has 0 aromatic heterocycles. The number of hydrogen-bond acceptors (Lipinski definition) is 3. The number of rotatable bonds is 2. The summed E-state index contributed by atoms with van der Waals surface area (Å²) in [5.74, 6) is -2.15. The molecule has 1 aliphatic heterocycles. The van der Waals surface area contributed by atoms with E-state index in [1.807, 2.05) is 0 Å². The molecular formula is C17H23F2NO3. The molecule has 0 spiro atoms. The van der Waals surface area contributed by atoms with Gasteiger partial charge in [-0.2, -0.15) is 0 Å². The highest BCUT2D eigenvalue weighted by Crippen LogP contribution is 2.25. The second-order valence-electron chi connectivity index (χ2n) is 6.96. The predicted molar refractivity (Wildman–Crippen MR) is 82.0 cm³/mol. The highest BCUT2D eigenvalue weighted by Gasteiger charge is 2.33. The molecule has 0 aliphatic carbocycles. The maximum atomic E-state index is 13.8. The van der Waals surface area contributed by atoms with E-state index >= 15 is 0 Å². The van der Waals surface area contributed by atoms with E-state index < -0.39 is 29.4 Å². The summed E-state index contributed by atoms with van der Waals surface area (Å²) in [4.78, 5) is 13.6. The Bertz CT molecular complexity index is 571. The molecule has 0 saturated carbocycles. The molecule has 128 valence electrons. The van der Waals surface area contributed by atoms with Gasteiger partial charge in [-0.1, -0.05) is 12.1 Å². The highest BCUT2D eigenvalue weighted by molar-refractivity contribution is 5.68. The lowest BCUT2D eigenvalue weighted by Gasteiger charge is -2.37. The van der Waals surface area contributed by atoms with Gasteiger partial charge >= 0.3 is 6.09 Å². The molecule has 1 fully saturated rings. The molecule has 2 unspecified atom stereocenters. The van der Waals surface area contributed by atoms with Gasteiger partial charge in [0.15, 0.2) is 11.6 Å². The number of amides is 1. The molecule has 1 aromatic rings. The number of carbonyl (C=O) groups excluding carboxylic acids is 1. The summed E-state index contributed by atoms with van der Waals surface area (Å²) in [5, 5.41) is 10.1. The number of hydrogen-bond donors (Lipinski definition) is 1. The van der Waals surface area contributed by atoms with E-state index in [4.69, 9.17) is 4.74 Å². The molecule has 23 heavy (non-hydrogen) atoms. The lowest BCUT2D eigenvalue weighted by atomic mass is 9.88. The number of ether oxygens (including phenoxy) is 1. The minimum Gasteiger partial charge on any atom is -0.444 e. The Labute approximate surface area is 135 Å². The second kappa shape index (κ2) is 6.83. The first-order valence-corrected chi connectivity index (χ1v) is 7.76. The number of piperidine rings is 1. The zero-order chi connectivity index (χ0) is 17.2. The molecular weight excluding hydrogens is 304 g/mol. The Morgan fingerprint density at radius 3 is 2.74 bits per heavy atom. The summed E-state index contributed by atoms with van der Waals surface area (Å²) in [7, 11) is 0. The van der Waals surface area contributed by atoms with Crippen LogP contribution in [0.1, 0.15) is 32.8 Å². The zero-order valence-electron chi connectivity index (χ0n) is 13.7. The number of halogens is 2. The third kappa shape index (κ3) is 4.64. The fourth-order valence-corrected chi connectivity index (χ4v) is 2.70. The second-order valence-corrected chi connectivity index (χ2v) is 6.96. The summed E-state index contributed by atoms with van der Waals surface area (Å²) in [6.07, 6.45) is -0.546. The Kier molecular flexibility index (Phi) is 5.24. The van der Waals surface area contributed by atoms with Crippen molar-refractivity contribution in [3.63, 3.8) is 0 Å². The number of aliphatic hydroxyl groups is 1. The lowest BCUT2D eigenvalue weighted by Crippen LogP contribution is -2.48.